The smallest absolute Gasteiger partial charge is 0.127 e. The standard InChI is InChI=1S/C17H17NO2/c1-14-11-12-18(20-14)16-7-9-17(10-8-16)19-13-15-5-3-2-4-6-15/h2-11H,12-13H2,1H3. The van der Waals surface area contributed by atoms with E-state index in [0.717, 1.165) is 23.7 Å². The Labute approximate surface area is 119 Å². The van der Waals surface area contributed by atoms with Gasteiger partial charge in [-0.25, -0.2) is 5.06 Å². The first-order valence-corrected chi connectivity index (χ1v) is 6.70. The lowest BCUT2D eigenvalue weighted by Crippen LogP contribution is -2.16. The molecule has 20 heavy (non-hydrogen) atoms. The van der Waals surface area contributed by atoms with Gasteiger partial charge >= 0.3 is 0 Å². The second-order valence-corrected chi connectivity index (χ2v) is 4.74. The van der Waals surface area contributed by atoms with Gasteiger partial charge in [-0.2, -0.15) is 0 Å². The van der Waals surface area contributed by atoms with Gasteiger partial charge in [0.05, 0.1) is 12.2 Å². The first-order valence-electron chi connectivity index (χ1n) is 6.70. The number of hydrogen-bond acceptors (Lipinski definition) is 3. The van der Waals surface area contributed by atoms with Crippen molar-refractivity contribution in [3.63, 3.8) is 0 Å². The summed E-state index contributed by atoms with van der Waals surface area (Å²) < 4.78 is 5.76. The van der Waals surface area contributed by atoms with Crippen LogP contribution in [-0.2, 0) is 11.4 Å². The zero-order valence-electron chi connectivity index (χ0n) is 11.5. The topological polar surface area (TPSA) is 21.7 Å². The first kappa shape index (κ1) is 12.6. The Bertz CT molecular complexity index is 590. The summed E-state index contributed by atoms with van der Waals surface area (Å²) in [7, 11) is 0. The SMILES string of the molecule is CC1=CCN(c2ccc(OCc3ccccc3)cc2)O1. The molecule has 0 unspecified atom stereocenters. The fourth-order valence-corrected chi connectivity index (χ4v) is 2.07. The molecule has 0 N–H and O–H groups in total. The van der Waals surface area contributed by atoms with Crippen molar-refractivity contribution in [3.05, 3.63) is 72.0 Å². The van der Waals surface area contributed by atoms with Crippen LogP contribution < -0.4 is 9.80 Å². The van der Waals surface area contributed by atoms with Gasteiger partial charge in [0.1, 0.15) is 18.1 Å². The summed E-state index contributed by atoms with van der Waals surface area (Å²) in [6, 6.07) is 18.1. The van der Waals surface area contributed by atoms with Gasteiger partial charge in [-0.05, 0) is 42.8 Å². The maximum atomic E-state index is 5.76. The number of rotatable bonds is 4. The third-order valence-corrected chi connectivity index (χ3v) is 3.17. The van der Waals surface area contributed by atoms with Crippen molar-refractivity contribution >= 4 is 5.69 Å². The van der Waals surface area contributed by atoms with E-state index in [4.69, 9.17) is 9.57 Å². The van der Waals surface area contributed by atoms with Crippen LogP contribution in [0.1, 0.15) is 12.5 Å². The van der Waals surface area contributed by atoms with E-state index < -0.39 is 0 Å². The molecule has 0 amide bonds. The summed E-state index contributed by atoms with van der Waals surface area (Å²) in [5.41, 5.74) is 2.20. The van der Waals surface area contributed by atoms with Crippen molar-refractivity contribution in [2.45, 2.75) is 13.5 Å². The average molecular weight is 267 g/mol. The van der Waals surface area contributed by atoms with E-state index in [1.807, 2.05) is 54.5 Å². The molecule has 1 aliphatic heterocycles. The number of hydroxylamine groups is 1. The summed E-state index contributed by atoms with van der Waals surface area (Å²) in [4.78, 5) is 5.57. The van der Waals surface area contributed by atoms with Crippen LogP contribution in [0.2, 0.25) is 0 Å². The number of nitrogens with zero attached hydrogens (tertiary/aromatic N) is 1. The van der Waals surface area contributed by atoms with E-state index in [2.05, 4.69) is 18.2 Å². The van der Waals surface area contributed by atoms with Crippen molar-refractivity contribution in [3.8, 4) is 5.75 Å². The molecule has 3 rings (SSSR count). The molecule has 0 saturated heterocycles. The lowest BCUT2D eigenvalue weighted by atomic mass is 10.2. The fourth-order valence-electron chi connectivity index (χ4n) is 2.07. The lowest BCUT2D eigenvalue weighted by Gasteiger charge is -2.18. The van der Waals surface area contributed by atoms with Gasteiger partial charge in [0, 0.05) is 0 Å². The molecule has 3 heteroatoms. The quantitative estimate of drug-likeness (QED) is 0.838. The molecule has 1 aliphatic rings. The number of ether oxygens (including phenoxy) is 1. The van der Waals surface area contributed by atoms with E-state index in [0.29, 0.717) is 6.61 Å². The summed E-state index contributed by atoms with van der Waals surface area (Å²) in [5.74, 6) is 1.80. The predicted octanol–water partition coefficient (Wildman–Crippen LogP) is 3.92. The molecule has 0 radical (unpaired) electrons. The highest BCUT2D eigenvalue weighted by atomic mass is 16.7. The molecule has 0 fully saturated rings. The Kier molecular flexibility index (Phi) is 3.59. The largest absolute Gasteiger partial charge is 0.489 e. The van der Waals surface area contributed by atoms with Crippen molar-refractivity contribution in [1.29, 1.82) is 0 Å². The van der Waals surface area contributed by atoms with E-state index in [-0.39, 0.29) is 0 Å². The Morgan fingerprint density at radius 3 is 2.45 bits per heavy atom. The molecule has 0 aromatic heterocycles. The molecule has 2 aromatic rings. The van der Waals surface area contributed by atoms with Crippen LogP contribution in [0.15, 0.2) is 66.4 Å². The van der Waals surface area contributed by atoms with E-state index in [9.17, 15) is 0 Å². The molecule has 0 bridgehead atoms. The van der Waals surface area contributed by atoms with Gasteiger partial charge in [-0.1, -0.05) is 30.3 Å². The Balaban J connectivity index is 1.59. The van der Waals surface area contributed by atoms with Crippen LogP contribution in [0.4, 0.5) is 5.69 Å². The maximum Gasteiger partial charge on any atom is 0.127 e. The minimum atomic E-state index is 0.584. The van der Waals surface area contributed by atoms with E-state index >= 15 is 0 Å². The number of allylic oxidation sites excluding steroid dienone is 1. The maximum absolute atomic E-state index is 5.76. The first-order chi connectivity index (χ1) is 9.81. The minimum Gasteiger partial charge on any atom is -0.489 e. The van der Waals surface area contributed by atoms with Crippen LogP contribution >= 0.6 is 0 Å². The molecular formula is C17H17NO2. The molecule has 0 aliphatic carbocycles. The minimum absolute atomic E-state index is 0.584. The van der Waals surface area contributed by atoms with Crippen LogP contribution in [-0.4, -0.2) is 6.54 Å². The molecule has 3 nitrogen and oxygen atoms in total. The highest BCUT2D eigenvalue weighted by molar-refractivity contribution is 5.48. The zero-order chi connectivity index (χ0) is 13.8. The van der Waals surface area contributed by atoms with Crippen molar-refractivity contribution in [2.24, 2.45) is 0 Å². The molecule has 102 valence electrons. The molecule has 1 heterocycles. The number of anilines is 1. The Morgan fingerprint density at radius 2 is 1.80 bits per heavy atom. The van der Waals surface area contributed by atoms with Gasteiger partial charge in [-0.3, -0.25) is 0 Å². The summed E-state index contributed by atoms with van der Waals surface area (Å²) in [6.07, 6.45) is 2.06. The number of benzene rings is 2. The molecule has 0 atom stereocenters. The average Bonchev–Trinajstić information content (AvgIpc) is 2.93. The predicted molar refractivity (Wildman–Crippen MR) is 79.4 cm³/mol. The second kappa shape index (κ2) is 5.70. The summed E-state index contributed by atoms with van der Waals surface area (Å²) in [6.45, 7) is 3.33. The van der Waals surface area contributed by atoms with Gasteiger partial charge in [0.25, 0.3) is 0 Å². The van der Waals surface area contributed by atoms with Crippen LogP contribution in [0.3, 0.4) is 0 Å². The third-order valence-electron chi connectivity index (χ3n) is 3.17. The summed E-state index contributed by atoms with van der Waals surface area (Å²) in [5, 5.41) is 1.86. The van der Waals surface area contributed by atoms with E-state index in [1.165, 1.54) is 5.56 Å². The molecule has 0 saturated carbocycles. The number of hydrogen-bond donors (Lipinski definition) is 0. The van der Waals surface area contributed by atoms with Crippen LogP contribution in [0.25, 0.3) is 0 Å². The van der Waals surface area contributed by atoms with Crippen molar-refractivity contribution < 1.29 is 9.57 Å². The summed E-state index contributed by atoms with van der Waals surface area (Å²) >= 11 is 0. The third kappa shape index (κ3) is 2.94. The van der Waals surface area contributed by atoms with Gasteiger partial charge in [0.2, 0.25) is 0 Å². The van der Waals surface area contributed by atoms with Crippen LogP contribution in [0, 0.1) is 0 Å². The normalized spacial score (nSPS) is 13.8. The van der Waals surface area contributed by atoms with Gasteiger partial charge in [0.15, 0.2) is 0 Å². The van der Waals surface area contributed by atoms with Crippen LogP contribution in [0.5, 0.6) is 5.75 Å². The van der Waals surface area contributed by atoms with Gasteiger partial charge in [-0.15, -0.1) is 0 Å². The Hall–Kier alpha value is -2.42. The van der Waals surface area contributed by atoms with Crippen molar-refractivity contribution in [1.82, 2.24) is 0 Å². The molecular weight excluding hydrogens is 250 g/mol. The lowest BCUT2D eigenvalue weighted by molar-refractivity contribution is 0.214. The van der Waals surface area contributed by atoms with Gasteiger partial charge < -0.3 is 9.57 Å². The molecule has 2 aromatic carbocycles. The monoisotopic (exact) mass is 267 g/mol. The molecule has 0 spiro atoms. The second-order valence-electron chi connectivity index (χ2n) is 4.74. The highest BCUT2D eigenvalue weighted by Gasteiger charge is 2.13. The fraction of sp³-hybridized carbons (Fsp3) is 0.176. The highest BCUT2D eigenvalue weighted by Crippen LogP contribution is 2.24. The van der Waals surface area contributed by atoms with Crippen molar-refractivity contribution in [2.75, 3.05) is 11.6 Å². The Morgan fingerprint density at radius 1 is 1.05 bits per heavy atom. The zero-order valence-corrected chi connectivity index (χ0v) is 11.5. The van der Waals surface area contributed by atoms with E-state index in [1.54, 1.807) is 0 Å².